The quantitative estimate of drug-likeness (QED) is 0.516. The van der Waals surface area contributed by atoms with Crippen molar-refractivity contribution in [3.8, 4) is 0 Å². The molecule has 0 fully saturated rings. The third-order valence-electron chi connectivity index (χ3n) is 3.33. The molecule has 0 aromatic heterocycles. The van der Waals surface area contributed by atoms with Crippen molar-refractivity contribution >= 4 is 16.0 Å². The summed E-state index contributed by atoms with van der Waals surface area (Å²) < 4.78 is 25.3. The number of aliphatic imine (C=N–C) groups is 1. The van der Waals surface area contributed by atoms with Crippen molar-refractivity contribution < 1.29 is 8.42 Å². The van der Waals surface area contributed by atoms with Gasteiger partial charge in [-0.15, -0.1) is 0 Å². The zero-order valence-electron chi connectivity index (χ0n) is 14.6. The van der Waals surface area contributed by atoms with Crippen LogP contribution in [0.2, 0.25) is 0 Å². The van der Waals surface area contributed by atoms with E-state index in [4.69, 9.17) is 0 Å². The molecule has 1 aromatic rings. The summed E-state index contributed by atoms with van der Waals surface area (Å²) in [5.74, 6) is 0.994. The van der Waals surface area contributed by atoms with E-state index in [9.17, 15) is 8.42 Å². The summed E-state index contributed by atoms with van der Waals surface area (Å²) in [5, 5.41) is 6.42. The molecule has 0 spiro atoms. The van der Waals surface area contributed by atoms with Gasteiger partial charge in [-0.25, -0.2) is 13.1 Å². The topological polar surface area (TPSA) is 82.6 Å². The standard InChI is InChI=1S/C16H28N4O2S/c1-13(14-9-7-6-8-10-14)11-18-15(17-4)19-12-16(2,3)20-23(5,21)22/h6-10,13,20H,11-12H2,1-5H3,(H2,17,18,19). The number of hydrogen-bond acceptors (Lipinski definition) is 3. The monoisotopic (exact) mass is 340 g/mol. The van der Waals surface area contributed by atoms with Crippen LogP contribution in [0, 0.1) is 0 Å². The average Bonchev–Trinajstić information content (AvgIpc) is 2.45. The maximum atomic E-state index is 11.3. The molecule has 0 saturated carbocycles. The molecule has 0 saturated heterocycles. The smallest absolute Gasteiger partial charge is 0.209 e. The maximum absolute atomic E-state index is 11.3. The van der Waals surface area contributed by atoms with Crippen LogP contribution in [0.5, 0.6) is 0 Å². The largest absolute Gasteiger partial charge is 0.356 e. The van der Waals surface area contributed by atoms with Crippen molar-refractivity contribution in [3.05, 3.63) is 35.9 Å². The first-order chi connectivity index (χ1) is 10.6. The van der Waals surface area contributed by atoms with Gasteiger partial charge in [0.25, 0.3) is 0 Å². The predicted octanol–water partition coefficient (Wildman–Crippen LogP) is 1.28. The van der Waals surface area contributed by atoms with Gasteiger partial charge in [0.2, 0.25) is 10.0 Å². The molecule has 6 nitrogen and oxygen atoms in total. The van der Waals surface area contributed by atoms with Crippen molar-refractivity contribution in [2.45, 2.75) is 32.2 Å². The number of benzene rings is 1. The number of hydrogen-bond donors (Lipinski definition) is 3. The molecule has 0 heterocycles. The highest BCUT2D eigenvalue weighted by molar-refractivity contribution is 7.88. The first-order valence-corrected chi connectivity index (χ1v) is 9.50. The molecule has 3 N–H and O–H groups in total. The lowest BCUT2D eigenvalue weighted by Gasteiger charge is -2.26. The molecule has 0 radical (unpaired) electrons. The fraction of sp³-hybridized carbons (Fsp3) is 0.562. The van der Waals surface area contributed by atoms with Gasteiger partial charge in [-0.2, -0.15) is 0 Å². The highest BCUT2D eigenvalue weighted by atomic mass is 32.2. The van der Waals surface area contributed by atoms with Crippen LogP contribution in [0.25, 0.3) is 0 Å². The third kappa shape index (κ3) is 7.99. The maximum Gasteiger partial charge on any atom is 0.209 e. The van der Waals surface area contributed by atoms with Crippen molar-refractivity contribution in [1.29, 1.82) is 0 Å². The number of nitrogens with zero attached hydrogens (tertiary/aromatic N) is 1. The van der Waals surface area contributed by atoms with Crippen LogP contribution >= 0.6 is 0 Å². The lowest BCUT2D eigenvalue weighted by Crippen LogP contribution is -2.53. The second kappa shape index (κ2) is 8.31. The fourth-order valence-corrected chi connectivity index (χ4v) is 3.29. The summed E-state index contributed by atoms with van der Waals surface area (Å²) in [6.45, 7) is 6.95. The van der Waals surface area contributed by atoms with Crippen molar-refractivity contribution in [3.63, 3.8) is 0 Å². The lowest BCUT2D eigenvalue weighted by atomic mass is 10.0. The molecule has 0 aliphatic carbocycles. The van der Waals surface area contributed by atoms with Crippen LogP contribution in [0.3, 0.4) is 0 Å². The number of rotatable bonds is 7. The summed E-state index contributed by atoms with van der Waals surface area (Å²) >= 11 is 0. The zero-order valence-corrected chi connectivity index (χ0v) is 15.4. The van der Waals surface area contributed by atoms with E-state index >= 15 is 0 Å². The normalized spacial score (nSPS) is 14.4. The summed E-state index contributed by atoms with van der Waals surface area (Å²) in [6, 6.07) is 10.3. The molecule has 7 heteroatoms. The van der Waals surface area contributed by atoms with Gasteiger partial charge in [-0.1, -0.05) is 37.3 Å². The van der Waals surface area contributed by atoms with E-state index in [1.165, 1.54) is 5.56 Å². The first-order valence-electron chi connectivity index (χ1n) is 7.61. The van der Waals surface area contributed by atoms with E-state index in [1.54, 1.807) is 7.05 Å². The Kier molecular flexibility index (Phi) is 7.02. The Morgan fingerprint density at radius 3 is 2.35 bits per heavy atom. The van der Waals surface area contributed by atoms with E-state index in [2.05, 4.69) is 39.4 Å². The molecule has 1 unspecified atom stereocenters. The van der Waals surface area contributed by atoms with Gasteiger partial charge in [0, 0.05) is 25.7 Å². The van der Waals surface area contributed by atoms with Crippen LogP contribution in [-0.2, 0) is 10.0 Å². The molecule has 1 aromatic carbocycles. The molecule has 1 atom stereocenters. The third-order valence-corrected chi connectivity index (χ3v) is 4.25. The minimum absolute atomic E-state index is 0.344. The van der Waals surface area contributed by atoms with E-state index in [-0.39, 0.29) is 0 Å². The molecule has 23 heavy (non-hydrogen) atoms. The van der Waals surface area contributed by atoms with Gasteiger partial charge in [-0.3, -0.25) is 4.99 Å². The van der Waals surface area contributed by atoms with E-state index in [1.807, 2.05) is 32.0 Å². The highest BCUT2D eigenvalue weighted by Gasteiger charge is 2.22. The fourth-order valence-electron chi connectivity index (χ4n) is 2.21. The van der Waals surface area contributed by atoms with Crippen LogP contribution in [-0.4, -0.2) is 46.3 Å². The van der Waals surface area contributed by atoms with Gasteiger partial charge in [0.05, 0.1) is 6.26 Å². The first kappa shape index (κ1) is 19.4. The summed E-state index contributed by atoms with van der Waals surface area (Å²) in [4.78, 5) is 4.17. The molecular weight excluding hydrogens is 312 g/mol. The van der Waals surface area contributed by atoms with Crippen LogP contribution in [0.15, 0.2) is 35.3 Å². The molecule has 0 amide bonds. The number of sulfonamides is 1. The van der Waals surface area contributed by atoms with Crippen LogP contribution < -0.4 is 15.4 Å². The second-order valence-corrected chi connectivity index (χ2v) is 8.12. The molecule has 1 rings (SSSR count). The number of nitrogens with one attached hydrogen (secondary N) is 3. The summed E-state index contributed by atoms with van der Waals surface area (Å²) in [6.07, 6.45) is 1.16. The van der Waals surface area contributed by atoms with Crippen molar-refractivity contribution in [2.24, 2.45) is 4.99 Å². The Bertz CT molecular complexity index is 612. The van der Waals surface area contributed by atoms with E-state index in [0.717, 1.165) is 12.8 Å². The zero-order chi connectivity index (χ0) is 17.5. The number of guanidine groups is 1. The lowest BCUT2D eigenvalue weighted by molar-refractivity contribution is 0.446. The van der Waals surface area contributed by atoms with Gasteiger partial charge in [-0.05, 0) is 25.3 Å². The van der Waals surface area contributed by atoms with Crippen LogP contribution in [0.4, 0.5) is 0 Å². The predicted molar refractivity (Wildman–Crippen MR) is 96.3 cm³/mol. The summed E-state index contributed by atoms with van der Waals surface area (Å²) in [5.41, 5.74) is 0.658. The Hall–Kier alpha value is -1.60. The van der Waals surface area contributed by atoms with Gasteiger partial charge >= 0.3 is 0 Å². The minimum atomic E-state index is -3.25. The second-order valence-electron chi connectivity index (χ2n) is 6.38. The van der Waals surface area contributed by atoms with Crippen molar-refractivity contribution in [1.82, 2.24) is 15.4 Å². The SMILES string of the molecule is CN=C(NCC(C)c1ccccc1)NCC(C)(C)NS(C)(=O)=O. The molecular formula is C16H28N4O2S. The van der Waals surface area contributed by atoms with Gasteiger partial charge in [0.1, 0.15) is 0 Å². The molecule has 0 aliphatic rings. The molecule has 0 aliphatic heterocycles. The molecule has 0 bridgehead atoms. The van der Waals surface area contributed by atoms with Crippen molar-refractivity contribution in [2.75, 3.05) is 26.4 Å². The Balaban J connectivity index is 2.49. The Labute approximate surface area is 139 Å². The highest BCUT2D eigenvalue weighted by Crippen LogP contribution is 2.12. The Morgan fingerprint density at radius 2 is 1.83 bits per heavy atom. The van der Waals surface area contributed by atoms with Gasteiger partial charge in [0.15, 0.2) is 5.96 Å². The molecule has 130 valence electrons. The minimum Gasteiger partial charge on any atom is -0.356 e. The summed E-state index contributed by atoms with van der Waals surface area (Å²) in [7, 11) is -1.55. The Morgan fingerprint density at radius 1 is 1.22 bits per heavy atom. The van der Waals surface area contributed by atoms with E-state index in [0.29, 0.717) is 18.4 Å². The average molecular weight is 340 g/mol. The van der Waals surface area contributed by atoms with E-state index < -0.39 is 15.6 Å². The van der Waals surface area contributed by atoms with Crippen LogP contribution in [0.1, 0.15) is 32.3 Å². The van der Waals surface area contributed by atoms with Gasteiger partial charge < -0.3 is 10.6 Å².